The SMILES string of the molecule is O=C(c1coc(-c2ccc(Cl)c(Cl)c2)n1)N1CCOc2ccccc21. The topological polar surface area (TPSA) is 55.6 Å². The minimum absolute atomic E-state index is 0.220. The highest BCUT2D eigenvalue weighted by molar-refractivity contribution is 6.42. The van der Waals surface area contributed by atoms with Crippen LogP contribution in [0.5, 0.6) is 5.75 Å². The third kappa shape index (κ3) is 2.97. The van der Waals surface area contributed by atoms with Crippen LogP contribution in [0, 0.1) is 0 Å². The maximum absolute atomic E-state index is 12.8. The zero-order chi connectivity index (χ0) is 17.4. The first kappa shape index (κ1) is 16.0. The van der Waals surface area contributed by atoms with Gasteiger partial charge in [-0.1, -0.05) is 35.3 Å². The van der Waals surface area contributed by atoms with Gasteiger partial charge in [0.05, 0.1) is 22.3 Å². The molecule has 0 fully saturated rings. The molecule has 0 saturated heterocycles. The summed E-state index contributed by atoms with van der Waals surface area (Å²) in [5.41, 5.74) is 1.59. The molecular formula is C18H12Cl2N2O3. The number of ether oxygens (including phenoxy) is 1. The van der Waals surface area contributed by atoms with E-state index in [4.69, 9.17) is 32.4 Å². The number of aromatic nitrogens is 1. The maximum Gasteiger partial charge on any atom is 0.280 e. The van der Waals surface area contributed by atoms with Gasteiger partial charge in [0.15, 0.2) is 5.69 Å². The molecule has 25 heavy (non-hydrogen) atoms. The van der Waals surface area contributed by atoms with E-state index in [1.165, 1.54) is 6.26 Å². The monoisotopic (exact) mass is 374 g/mol. The number of benzene rings is 2. The minimum Gasteiger partial charge on any atom is -0.490 e. The van der Waals surface area contributed by atoms with Crippen LogP contribution in [-0.4, -0.2) is 24.0 Å². The standard InChI is InChI=1S/C18H12Cl2N2O3/c19-12-6-5-11(9-13(12)20)17-21-14(10-25-17)18(23)22-7-8-24-16-4-2-1-3-15(16)22/h1-6,9-10H,7-8H2. The van der Waals surface area contributed by atoms with Crippen LogP contribution in [0.1, 0.15) is 10.5 Å². The molecule has 1 aromatic heterocycles. The predicted molar refractivity (Wildman–Crippen MR) is 95.6 cm³/mol. The van der Waals surface area contributed by atoms with E-state index in [1.54, 1.807) is 23.1 Å². The highest BCUT2D eigenvalue weighted by atomic mass is 35.5. The Kier molecular flexibility index (Phi) is 4.11. The van der Waals surface area contributed by atoms with Crippen molar-refractivity contribution in [2.75, 3.05) is 18.1 Å². The van der Waals surface area contributed by atoms with Crippen molar-refractivity contribution < 1.29 is 13.9 Å². The second-order valence-corrected chi connectivity index (χ2v) is 6.25. The fourth-order valence-corrected chi connectivity index (χ4v) is 2.95. The number of halogens is 2. The summed E-state index contributed by atoms with van der Waals surface area (Å²) in [5, 5.41) is 0.838. The molecule has 0 unspecified atom stereocenters. The lowest BCUT2D eigenvalue weighted by molar-refractivity contribution is 0.0972. The summed E-state index contributed by atoms with van der Waals surface area (Å²) in [7, 11) is 0. The van der Waals surface area contributed by atoms with Crippen molar-refractivity contribution in [2.45, 2.75) is 0 Å². The third-order valence-electron chi connectivity index (χ3n) is 3.86. The van der Waals surface area contributed by atoms with E-state index in [-0.39, 0.29) is 11.6 Å². The number of oxazole rings is 1. The van der Waals surface area contributed by atoms with E-state index in [1.807, 2.05) is 24.3 Å². The Balaban J connectivity index is 1.64. The number of anilines is 1. The molecule has 1 aliphatic rings. The van der Waals surface area contributed by atoms with Crippen LogP contribution >= 0.6 is 23.2 Å². The number of carbonyl (C=O) groups excluding carboxylic acids is 1. The quantitative estimate of drug-likeness (QED) is 0.652. The molecule has 126 valence electrons. The van der Waals surface area contributed by atoms with Crippen molar-refractivity contribution in [3.8, 4) is 17.2 Å². The highest BCUT2D eigenvalue weighted by Crippen LogP contribution is 2.32. The van der Waals surface area contributed by atoms with Gasteiger partial charge in [-0.25, -0.2) is 4.98 Å². The number of hydrogen-bond donors (Lipinski definition) is 0. The Hall–Kier alpha value is -2.50. The molecule has 0 bridgehead atoms. The van der Waals surface area contributed by atoms with E-state index in [2.05, 4.69) is 4.98 Å². The Labute approximate surface area is 153 Å². The van der Waals surface area contributed by atoms with E-state index in [0.717, 1.165) is 5.69 Å². The summed E-state index contributed by atoms with van der Waals surface area (Å²) < 4.78 is 11.0. The number of rotatable bonds is 2. The van der Waals surface area contributed by atoms with Crippen molar-refractivity contribution in [2.24, 2.45) is 0 Å². The number of fused-ring (bicyclic) bond motifs is 1. The lowest BCUT2D eigenvalue weighted by atomic mass is 10.2. The van der Waals surface area contributed by atoms with E-state index in [9.17, 15) is 4.79 Å². The third-order valence-corrected chi connectivity index (χ3v) is 4.60. The number of amides is 1. The molecule has 1 amide bonds. The van der Waals surface area contributed by atoms with Gasteiger partial charge in [-0.05, 0) is 30.3 Å². The summed E-state index contributed by atoms with van der Waals surface area (Å²) >= 11 is 11.9. The zero-order valence-corrected chi connectivity index (χ0v) is 14.4. The molecule has 3 aromatic rings. The first-order chi connectivity index (χ1) is 12.1. The molecular weight excluding hydrogens is 363 g/mol. The van der Waals surface area contributed by atoms with Crippen molar-refractivity contribution >= 4 is 34.8 Å². The molecule has 1 aliphatic heterocycles. The Morgan fingerprint density at radius 1 is 1.12 bits per heavy atom. The van der Waals surface area contributed by atoms with Gasteiger partial charge < -0.3 is 9.15 Å². The second kappa shape index (κ2) is 6.43. The van der Waals surface area contributed by atoms with Crippen LogP contribution in [0.4, 0.5) is 5.69 Å². The van der Waals surface area contributed by atoms with Crippen LogP contribution in [0.15, 0.2) is 53.1 Å². The zero-order valence-electron chi connectivity index (χ0n) is 12.9. The van der Waals surface area contributed by atoms with E-state index < -0.39 is 0 Å². The van der Waals surface area contributed by atoms with Gasteiger partial charge in [0.2, 0.25) is 5.89 Å². The molecule has 5 nitrogen and oxygen atoms in total. The van der Waals surface area contributed by atoms with E-state index in [0.29, 0.717) is 40.4 Å². The van der Waals surface area contributed by atoms with Gasteiger partial charge in [0, 0.05) is 5.56 Å². The fourth-order valence-electron chi connectivity index (χ4n) is 2.65. The minimum atomic E-state index is -0.245. The average molecular weight is 375 g/mol. The number of hydrogen-bond acceptors (Lipinski definition) is 4. The number of carbonyl (C=O) groups is 1. The van der Waals surface area contributed by atoms with Gasteiger partial charge in [0.25, 0.3) is 5.91 Å². The van der Waals surface area contributed by atoms with Gasteiger partial charge >= 0.3 is 0 Å². The van der Waals surface area contributed by atoms with Crippen LogP contribution < -0.4 is 9.64 Å². The molecule has 4 rings (SSSR count). The summed E-state index contributed by atoms with van der Waals surface area (Å²) in [6.45, 7) is 0.880. The molecule has 0 spiro atoms. The molecule has 0 radical (unpaired) electrons. The first-order valence-electron chi connectivity index (χ1n) is 7.58. The largest absolute Gasteiger partial charge is 0.490 e. The molecule has 2 aromatic carbocycles. The van der Waals surface area contributed by atoms with Gasteiger partial charge in [-0.15, -0.1) is 0 Å². The van der Waals surface area contributed by atoms with Gasteiger partial charge in [-0.3, -0.25) is 9.69 Å². The second-order valence-electron chi connectivity index (χ2n) is 5.44. The lowest BCUT2D eigenvalue weighted by Crippen LogP contribution is -2.38. The van der Waals surface area contributed by atoms with Crippen molar-refractivity contribution in [1.82, 2.24) is 4.98 Å². The van der Waals surface area contributed by atoms with Crippen LogP contribution in [0.3, 0.4) is 0 Å². The lowest BCUT2D eigenvalue weighted by Gasteiger charge is -2.28. The number of para-hydroxylation sites is 2. The fraction of sp³-hybridized carbons (Fsp3) is 0.111. The van der Waals surface area contributed by atoms with Gasteiger partial charge in [0.1, 0.15) is 18.6 Å². The van der Waals surface area contributed by atoms with Crippen LogP contribution in [-0.2, 0) is 0 Å². The molecule has 0 aliphatic carbocycles. The molecule has 0 saturated carbocycles. The van der Waals surface area contributed by atoms with Crippen molar-refractivity contribution in [3.63, 3.8) is 0 Å². The number of nitrogens with zero attached hydrogens (tertiary/aromatic N) is 2. The highest BCUT2D eigenvalue weighted by Gasteiger charge is 2.26. The molecule has 0 N–H and O–H groups in total. The smallest absolute Gasteiger partial charge is 0.280 e. The first-order valence-corrected chi connectivity index (χ1v) is 8.34. The normalized spacial score (nSPS) is 13.3. The predicted octanol–water partition coefficient (Wildman–Crippen LogP) is 4.69. The van der Waals surface area contributed by atoms with Gasteiger partial charge in [-0.2, -0.15) is 0 Å². The summed E-state index contributed by atoms with van der Waals surface area (Å²) in [5.74, 6) is 0.740. The summed E-state index contributed by atoms with van der Waals surface area (Å²) in [6, 6.07) is 12.4. The summed E-state index contributed by atoms with van der Waals surface area (Å²) in [6.07, 6.45) is 1.35. The van der Waals surface area contributed by atoms with Crippen LogP contribution in [0.25, 0.3) is 11.5 Å². The average Bonchev–Trinajstić information content (AvgIpc) is 3.13. The summed E-state index contributed by atoms with van der Waals surface area (Å²) in [4.78, 5) is 18.8. The molecule has 2 heterocycles. The van der Waals surface area contributed by atoms with Crippen molar-refractivity contribution in [1.29, 1.82) is 0 Å². The van der Waals surface area contributed by atoms with E-state index >= 15 is 0 Å². The molecule has 0 atom stereocenters. The van der Waals surface area contributed by atoms with Crippen LogP contribution in [0.2, 0.25) is 10.0 Å². The Morgan fingerprint density at radius 2 is 1.96 bits per heavy atom. The Bertz CT molecular complexity index is 955. The maximum atomic E-state index is 12.8. The molecule has 7 heteroatoms. The van der Waals surface area contributed by atoms with Crippen molar-refractivity contribution in [3.05, 3.63) is 64.5 Å². The Morgan fingerprint density at radius 3 is 2.80 bits per heavy atom.